The third-order valence-electron chi connectivity index (χ3n) is 2.35. The van der Waals surface area contributed by atoms with Crippen molar-refractivity contribution in [1.82, 2.24) is 4.90 Å². The molecule has 0 fully saturated rings. The van der Waals surface area contributed by atoms with Gasteiger partial charge in [0.1, 0.15) is 11.1 Å². The Bertz CT molecular complexity index is 367. The van der Waals surface area contributed by atoms with Gasteiger partial charge >= 0.3 is 5.97 Å². The molecule has 0 aliphatic heterocycles. The van der Waals surface area contributed by atoms with Gasteiger partial charge < -0.3 is 14.7 Å². The van der Waals surface area contributed by atoms with Gasteiger partial charge in [0, 0.05) is 13.1 Å². The average Bonchev–Trinajstić information content (AvgIpc) is 2.29. The van der Waals surface area contributed by atoms with Gasteiger partial charge in [-0.15, -0.1) is 11.6 Å². The summed E-state index contributed by atoms with van der Waals surface area (Å²) in [5.41, 5.74) is 1.09. The molecule has 1 rings (SSSR count). The van der Waals surface area contributed by atoms with E-state index in [0.29, 0.717) is 13.1 Å². The number of hydrogen-bond acceptors (Lipinski definition) is 3. The minimum Gasteiger partial charge on any atom is -0.497 e. The Morgan fingerprint density at radius 1 is 1.47 bits per heavy atom. The van der Waals surface area contributed by atoms with Gasteiger partial charge in [-0.3, -0.25) is 4.79 Å². The summed E-state index contributed by atoms with van der Waals surface area (Å²) in [6, 6.07) is 7.63. The molecule has 1 aromatic carbocycles. The average molecular weight is 258 g/mol. The molecule has 0 saturated heterocycles. The molecule has 0 aliphatic rings. The van der Waals surface area contributed by atoms with E-state index >= 15 is 0 Å². The molecule has 0 aliphatic carbocycles. The number of rotatable bonds is 6. The molecule has 1 N–H and O–H groups in total. The standard InChI is InChI=1S/C12H16ClNO3/c1-14(8-11(13)12(15)16)7-9-3-5-10(17-2)6-4-9/h3-6,11H,7-8H2,1-2H3,(H,15,16). The van der Waals surface area contributed by atoms with Crippen molar-refractivity contribution in [3.8, 4) is 5.75 Å². The fourth-order valence-electron chi connectivity index (χ4n) is 1.46. The highest BCUT2D eigenvalue weighted by Gasteiger charge is 2.15. The summed E-state index contributed by atoms with van der Waals surface area (Å²) in [7, 11) is 3.45. The molecular weight excluding hydrogens is 242 g/mol. The number of carbonyl (C=O) groups is 1. The third-order valence-corrected chi connectivity index (χ3v) is 2.68. The van der Waals surface area contributed by atoms with Crippen molar-refractivity contribution < 1.29 is 14.6 Å². The molecule has 1 unspecified atom stereocenters. The Morgan fingerprint density at radius 2 is 2.06 bits per heavy atom. The lowest BCUT2D eigenvalue weighted by Gasteiger charge is -2.18. The van der Waals surface area contributed by atoms with Crippen LogP contribution in [0.1, 0.15) is 5.56 Å². The highest BCUT2D eigenvalue weighted by atomic mass is 35.5. The van der Waals surface area contributed by atoms with E-state index < -0.39 is 11.3 Å². The van der Waals surface area contributed by atoms with E-state index in [1.165, 1.54) is 0 Å². The zero-order valence-corrected chi connectivity index (χ0v) is 10.6. The van der Waals surface area contributed by atoms with Gasteiger partial charge in [0.15, 0.2) is 0 Å². The quantitative estimate of drug-likeness (QED) is 0.790. The zero-order valence-electron chi connectivity index (χ0n) is 9.89. The number of halogens is 1. The van der Waals surface area contributed by atoms with Crippen molar-refractivity contribution in [2.45, 2.75) is 11.9 Å². The van der Waals surface area contributed by atoms with Crippen LogP contribution >= 0.6 is 11.6 Å². The molecule has 0 spiro atoms. The SMILES string of the molecule is COc1ccc(CN(C)CC(Cl)C(=O)O)cc1. The topological polar surface area (TPSA) is 49.8 Å². The smallest absolute Gasteiger partial charge is 0.322 e. The maximum atomic E-state index is 10.6. The fraction of sp³-hybridized carbons (Fsp3) is 0.417. The van der Waals surface area contributed by atoms with Crippen molar-refractivity contribution in [2.75, 3.05) is 20.7 Å². The third kappa shape index (κ3) is 4.63. The van der Waals surface area contributed by atoms with Crippen LogP contribution in [-0.4, -0.2) is 42.1 Å². The maximum absolute atomic E-state index is 10.6. The molecule has 0 bridgehead atoms. The predicted octanol–water partition coefficient (Wildman–Crippen LogP) is 1.82. The summed E-state index contributed by atoms with van der Waals surface area (Å²) in [5.74, 6) is -0.189. The Morgan fingerprint density at radius 3 is 2.53 bits per heavy atom. The van der Waals surface area contributed by atoms with E-state index in [1.807, 2.05) is 36.2 Å². The van der Waals surface area contributed by atoms with E-state index in [2.05, 4.69) is 0 Å². The molecular formula is C12H16ClNO3. The van der Waals surface area contributed by atoms with Crippen molar-refractivity contribution >= 4 is 17.6 Å². The van der Waals surface area contributed by atoms with Gasteiger partial charge in [0.2, 0.25) is 0 Å². The van der Waals surface area contributed by atoms with E-state index in [-0.39, 0.29) is 0 Å². The summed E-state index contributed by atoms with van der Waals surface area (Å²) in [5, 5.41) is 7.81. The fourth-order valence-corrected chi connectivity index (χ4v) is 1.69. The number of carboxylic acids is 1. The molecule has 1 atom stereocenters. The van der Waals surface area contributed by atoms with Crippen LogP contribution in [0.3, 0.4) is 0 Å². The molecule has 0 aromatic heterocycles. The molecule has 5 heteroatoms. The van der Waals surface area contributed by atoms with E-state index in [4.69, 9.17) is 21.4 Å². The first-order chi connectivity index (χ1) is 8.02. The van der Waals surface area contributed by atoms with Crippen LogP contribution in [0, 0.1) is 0 Å². The van der Waals surface area contributed by atoms with Gasteiger partial charge in [-0.2, -0.15) is 0 Å². The Kier molecular flexibility index (Phi) is 5.25. The van der Waals surface area contributed by atoms with Crippen molar-refractivity contribution in [1.29, 1.82) is 0 Å². The van der Waals surface area contributed by atoms with Crippen molar-refractivity contribution in [3.05, 3.63) is 29.8 Å². The number of ether oxygens (including phenoxy) is 1. The molecule has 0 saturated carbocycles. The van der Waals surface area contributed by atoms with E-state index in [0.717, 1.165) is 11.3 Å². The van der Waals surface area contributed by atoms with Crippen molar-refractivity contribution in [3.63, 3.8) is 0 Å². The van der Waals surface area contributed by atoms with Crippen LogP contribution in [0.15, 0.2) is 24.3 Å². The molecule has 1 aromatic rings. The molecule has 17 heavy (non-hydrogen) atoms. The minimum atomic E-state index is -0.992. The number of benzene rings is 1. The Hall–Kier alpha value is -1.26. The van der Waals surface area contributed by atoms with Gasteiger partial charge in [-0.05, 0) is 24.7 Å². The largest absolute Gasteiger partial charge is 0.497 e. The summed E-state index contributed by atoms with van der Waals surface area (Å²) >= 11 is 5.66. The van der Waals surface area contributed by atoms with Crippen LogP contribution in [0.5, 0.6) is 5.75 Å². The number of alkyl halides is 1. The van der Waals surface area contributed by atoms with Gasteiger partial charge in [0.25, 0.3) is 0 Å². The highest BCUT2D eigenvalue weighted by molar-refractivity contribution is 6.29. The van der Waals surface area contributed by atoms with Crippen LogP contribution in [0.4, 0.5) is 0 Å². The summed E-state index contributed by atoms with van der Waals surface area (Å²) < 4.78 is 5.06. The lowest BCUT2D eigenvalue weighted by atomic mass is 10.2. The second-order valence-electron chi connectivity index (χ2n) is 3.85. The lowest BCUT2D eigenvalue weighted by Crippen LogP contribution is -2.30. The number of carboxylic acid groups (broad SMARTS) is 1. The van der Waals surface area contributed by atoms with Crippen molar-refractivity contribution in [2.24, 2.45) is 0 Å². The monoisotopic (exact) mass is 257 g/mol. The first-order valence-corrected chi connectivity index (χ1v) is 5.65. The number of methoxy groups -OCH3 is 1. The van der Waals surface area contributed by atoms with E-state index in [1.54, 1.807) is 7.11 Å². The van der Waals surface area contributed by atoms with Crippen LogP contribution < -0.4 is 4.74 Å². The predicted molar refractivity (Wildman–Crippen MR) is 66.6 cm³/mol. The second-order valence-corrected chi connectivity index (χ2v) is 4.38. The Labute approximate surface area is 106 Å². The van der Waals surface area contributed by atoms with Gasteiger partial charge in [0.05, 0.1) is 7.11 Å². The molecule has 94 valence electrons. The molecule has 0 amide bonds. The van der Waals surface area contributed by atoms with Crippen LogP contribution in [0.25, 0.3) is 0 Å². The van der Waals surface area contributed by atoms with Gasteiger partial charge in [-0.25, -0.2) is 0 Å². The summed E-state index contributed by atoms with van der Waals surface area (Å²) in [4.78, 5) is 12.5. The Balaban J connectivity index is 2.49. The van der Waals surface area contributed by atoms with Gasteiger partial charge in [-0.1, -0.05) is 12.1 Å². The first kappa shape index (κ1) is 13.8. The molecule has 0 radical (unpaired) electrons. The zero-order chi connectivity index (χ0) is 12.8. The summed E-state index contributed by atoms with van der Waals surface area (Å²) in [6.45, 7) is 0.962. The minimum absolute atomic E-state index is 0.308. The van der Waals surface area contributed by atoms with Crippen LogP contribution in [0.2, 0.25) is 0 Å². The highest BCUT2D eigenvalue weighted by Crippen LogP contribution is 2.13. The second kappa shape index (κ2) is 6.47. The van der Waals surface area contributed by atoms with E-state index in [9.17, 15) is 4.79 Å². The number of nitrogens with zero attached hydrogens (tertiary/aromatic N) is 1. The first-order valence-electron chi connectivity index (χ1n) is 5.21. The van der Waals surface area contributed by atoms with Crippen LogP contribution in [-0.2, 0) is 11.3 Å². The molecule has 0 heterocycles. The lowest BCUT2D eigenvalue weighted by molar-refractivity contribution is -0.136. The number of aliphatic carboxylic acids is 1. The normalized spacial score (nSPS) is 12.5. The maximum Gasteiger partial charge on any atom is 0.322 e. The number of hydrogen-bond donors (Lipinski definition) is 1. The molecule has 4 nitrogen and oxygen atoms in total. The summed E-state index contributed by atoms with van der Waals surface area (Å²) in [6.07, 6.45) is 0.